The standard InChI is InChI=1S/C25H32N2O/c1-16-12-19(13-17(2)24(16)26-23(28)14-25(3,4)5)27-15-18-10-11-22(27)21-9-7-6-8-20(18)21/h6-9,12-13,18,22H,10-11,14-15H2,1-5H3,(H,26,28)/t18-,22-/m0/s1. The van der Waals surface area contributed by atoms with Crippen LogP contribution in [0.4, 0.5) is 11.4 Å². The Hall–Kier alpha value is -2.29. The molecule has 2 aromatic carbocycles. The van der Waals surface area contributed by atoms with Crippen molar-refractivity contribution in [2.75, 3.05) is 16.8 Å². The van der Waals surface area contributed by atoms with E-state index >= 15 is 0 Å². The lowest BCUT2D eigenvalue weighted by atomic mass is 9.74. The third kappa shape index (κ3) is 3.55. The summed E-state index contributed by atoms with van der Waals surface area (Å²) in [6.07, 6.45) is 3.04. The number of anilines is 2. The van der Waals surface area contributed by atoms with Crippen molar-refractivity contribution in [2.45, 2.75) is 65.8 Å². The quantitative estimate of drug-likeness (QED) is 0.700. The molecule has 3 aliphatic rings. The topological polar surface area (TPSA) is 32.3 Å². The predicted octanol–water partition coefficient (Wildman–Crippen LogP) is 6.12. The van der Waals surface area contributed by atoms with E-state index < -0.39 is 0 Å². The van der Waals surface area contributed by atoms with Crippen LogP contribution in [0.25, 0.3) is 0 Å². The number of amides is 1. The van der Waals surface area contributed by atoms with Crippen LogP contribution in [0.2, 0.25) is 0 Å². The van der Waals surface area contributed by atoms with E-state index in [1.165, 1.54) is 24.1 Å². The molecule has 0 spiro atoms. The molecule has 1 aliphatic carbocycles. The molecule has 0 unspecified atom stereocenters. The van der Waals surface area contributed by atoms with E-state index in [4.69, 9.17) is 0 Å². The summed E-state index contributed by atoms with van der Waals surface area (Å²) in [5.41, 5.74) is 7.59. The van der Waals surface area contributed by atoms with Gasteiger partial charge in [-0.05, 0) is 66.5 Å². The number of benzene rings is 2. The Kier molecular flexibility index (Phi) is 4.73. The van der Waals surface area contributed by atoms with Crippen LogP contribution >= 0.6 is 0 Å². The third-order valence-corrected chi connectivity index (χ3v) is 6.18. The highest BCUT2D eigenvalue weighted by atomic mass is 16.1. The lowest BCUT2D eigenvalue weighted by Gasteiger charge is -2.48. The molecule has 1 N–H and O–H groups in total. The number of hydrogen-bond donors (Lipinski definition) is 1. The van der Waals surface area contributed by atoms with E-state index in [0.29, 0.717) is 18.4 Å². The lowest BCUT2D eigenvalue weighted by molar-refractivity contribution is -0.117. The van der Waals surface area contributed by atoms with Gasteiger partial charge in [0.05, 0.1) is 6.04 Å². The zero-order chi connectivity index (χ0) is 20.1. The minimum absolute atomic E-state index is 0.00768. The first-order valence-corrected chi connectivity index (χ1v) is 10.5. The molecule has 2 atom stereocenters. The van der Waals surface area contributed by atoms with E-state index in [1.807, 2.05) is 0 Å². The first kappa shape index (κ1) is 19.0. The second-order valence-electron chi connectivity index (χ2n) is 9.81. The van der Waals surface area contributed by atoms with Crippen molar-refractivity contribution in [1.29, 1.82) is 0 Å². The van der Waals surface area contributed by atoms with Gasteiger partial charge in [0.25, 0.3) is 0 Å². The fraction of sp³-hybridized carbons (Fsp3) is 0.480. The normalized spacial score (nSPS) is 20.8. The van der Waals surface area contributed by atoms with E-state index in [2.05, 4.69) is 81.2 Å². The molecule has 0 aromatic heterocycles. The number of nitrogens with zero attached hydrogens (tertiary/aromatic N) is 1. The summed E-state index contributed by atoms with van der Waals surface area (Å²) in [7, 11) is 0. The highest BCUT2D eigenvalue weighted by Crippen LogP contribution is 2.48. The van der Waals surface area contributed by atoms with E-state index in [9.17, 15) is 4.79 Å². The zero-order valence-electron chi connectivity index (χ0n) is 17.8. The highest BCUT2D eigenvalue weighted by molar-refractivity contribution is 5.93. The number of rotatable bonds is 3. The minimum atomic E-state index is -0.00768. The van der Waals surface area contributed by atoms with Crippen LogP contribution in [0.1, 0.15) is 74.2 Å². The first-order valence-electron chi connectivity index (χ1n) is 10.5. The maximum atomic E-state index is 12.4. The Bertz CT molecular complexity index is 886. The van der Waals surface area contributed by atoms with Crippen molar-refractivity contribution >= 4 is 17.3 Å². The molecular formula is C25H32N2O. The Labute approximate surface area is 169 Å². The summed E-state index contributed by atoms with van der Waals surface area (Å²) < 4.78 is 0. The third-order valence-electron chi connectivity index (χ3n) is 6.18. The van der Waals surface area contributed by atoms with Crippen molar-refractivity contribution < 1.29 is 4.79 Å². The minimum Gasteiger partial charge on any atom is -0.364 e. The summed E-state index contributed by atoms with van der Waals surface area (Å²) in [5, 5.41) is 3.16. The molecule has 148 valence electrons. The summed E-state index contributed by atoms with van der Waals surface area (Å²) in [6.45, 7) is 11.6. The Morgan fingerprint density at radius 1 is 1.07 bits per heavy atom. The molecule has 1 saturated heterocycles. The molecule has 1 fully saturated rings. The van der Waals surface area contributed by atoms with Gasteiger partial charge < -0.3 is 10.2 Å². The fourth-order valence-corrected chi connectivity index (χ4v) is 4.99. The van der Waals surface area contributed by atoms with Crippen LogP contribution < -0.4 is 10.2 Å². The van der Waals surface area contributed by atoms with Gasteiger partial charge in [0.1, 0.15) is 0 Å². The van der Waals surface area contributed by atoms with Crippen molar-refractivity contribution in [3.05, 3.63) is 58.7 Å². The molecule has 0 radical (unpaired) electrons. The Balaban J connectivity index is 1.60. The molecule has 3 heteroatoms. The maximum absolute atomic E-state index is 12.4. The molecule has 2 bridgehead atoms. The van der Waals surface area contributed by atoms with E-state index in [0.717, 1.165) is 23.4 Å². The average molecular weight is 377 g/mol. The number of piperidine rings is 1. The molecule has 2 aromatic rings. The van der Waals surface area contributed by atoms with Gasteiger partial charge in [-0.25, -0.2) is 0 Å². The Morgan fingerprint density at radius 3 is 2.36 bits per heavy atom. The molecule has 3 nitrogen and oxygen atoms in total. The van der Waals surface area contributed by atoms with Gasteiger partial charge >= 0.3 is 0 Å². The molecule has 0 saturated carbocycles. The number of fused-ring (bicyclic) bond motifs is 2. The summed E-state index contributed by atoms with van der Waals surface area (Å²) in [6, 6.07) is 13.9. The van der Waals surface area contributed by atoms with E-state index in [1.54, 1.807) is 5.56 Å². The Morgan fingerprint density at radius 2 is 1.71 bits per heavy atom. The van der Waals surface area contributed by atoms with Crippen molar-refractivity contribution in [3.8, 4) is 0 Å². The number of carbonyl (C=O) groups is 1. The SMILES string of the molecule is Cc1cc(N2C[C@@H]3CC[C@H]2c2ccccc23)cc(C)c1NC(=O)CC(C)(C)C. The lowest BCUT2D eigenvalue weighted by Crippen LogP contribution is -2.42. The average Bonchev–Trinajstić information content (AvgIpc) is 2.64. The maximum Gasteiger partial charge on any atom is 0.224 e. The largest absolute Gasteiger partial charge is 0.364 e. The predicted molar refractivity (Wildman–Crippen MR) is 117 cm³/mol. The van der Waals surface area contributed by atoms with Crippen molar-refractivity contribution in [3.63, 3.8) is 0 Å². The molecular weight excluding hydrogens is 344 g/mol. The summed E-state index contributed by atoms with van der Waals surface area (Å²) in [4.78, 5) is 15.0. The van der Waals surface area contributed by atoms with Crippen LogP contribution in [0, 0.1) is 19.3 Å². The van der Waals surface area contributed by atoms with E-state index in [-0.39, 0.29) is 11.3 Å². The number of hydrogen-bond acceptors (Lipinski definition) is 2. The molecule has 2 heterocycles. The van der Waals surface area contributed by atoms with Gasteiger partial charge in [-0.2, -0.15) is 0 Å². The van der Waals surface area contributed by atoms with Crippen LogP contribution in [-0.2, 0) is 4.79 Å². The molecule has 2 aliphatic heterocycles. The summed E-state index contributed by atoms with van der Waals surface area (Å²) >= 11 is 0. The van der Waals surface area contributed by atoms with Crippen molar-refractivity contribution in [2.24, 2.45) is 5.41 Å². The van der Waals surface area contributed by atoms with Gasteiger partial charge in [-0.3, -0.25) is 4.79 Å². The summed E-state index contributed by atoms with van der Waals surface area (Å²) in [5.74, 6) is 0.727. The molecule has 28 heavy (non-hydrogen) atoms. The fourth-order valence-electron chi connectivity index (χ4n) is 4.99. The number of carbonyl (C=O) groups excluding carboxylic acids is 1. The van der Waals surface area contributed by atoms with Gasteiger partial charge in [0.15, 0.2) is 0 Å². The van der Waals surface area contributed by atoms with Gasteiger partial charge in [0.2, 0.25) is 5.91 Å². The van der Waals surface area contributed by atoms with Gasteiger partial charge in [0, 0.05) is 30.3 Å². The highest BCUT2D eigenvalue weighted by Gasteiger charge is 2.38. The second-order valence-corrected chi connectivity index (χ2v) is 9.81. The first-order chi connectivity index (χ1) is 13.2. The van der Waals surface area contributed by atoms with Gasteiger partial charge in [-0.1, -0.05) is 45.0 Å². The van der Waals surface area contributed by atoms with Crippen LogP contribution in [0.5, 0.6) is 0 Å². The van der Waals surface area contributed by atoms with Crippen LogP contribution in [-0.4, -0.2) is 12.5 Å². The molecule has 5 rings (SSSR count). The van der Waals surface area contributed by atoms with Crippen LogP contribution in [0.3, 0.4) is 0 Å². The second kappa shape index (κ2) is 6.95. The number of nitrogens with one attached hydrogen (secondary N) is 1. The smallest absolute Gasteiger partial charge is 0.224 e. The number of aryl methyl sites for hydroxylation is 2. The molecule has 1 amide bonds. The zero-order valence-corrected chi connectivity index (χ0v) is 17.8. The monoisotopic (exact) mass is 376 g/mol. The van der Waals surface area contributed by atoms with Crippen LogP contribution in [0.15, 0.2) is 36.4 Å². The van der Waals surface area contributed by atoms with Crippen molar-refractivity contribution in [1.82, 2.24) is 0 Å². The van der Waals surface area contributed by atoms with Gasteiger partial charge in [-0.15, -0.1) is 0 Å².